The Balaban J connectivity index is 2.17. The van der Waals surface area contributed by atoms with Gasteiger partial charge in [0.15, 0.2) is 11.6 Å². The molecule has 0 amide bonds. The number of ether oxygens (including phenoxy) is 1. The van der Waals surface area contributed by atoms with Crippen LogP contribution in [0.2, 0.25) is 0 Å². The van der Waals surface area contributed by atoms with E-state index >= 15 is 0 Å². The zero-order valence-electron chi connectivity index (χ0n) is 9.36. The lowest BCUT2D eigenvalue weighted by molar-refractivity contribution is 0.284. The second kappa shape index (κ2) is 5.28. The Morgan fingerprint density at radius 3 is 2.56 bits per heavy atom. The van der Waals surface area contributed by atoms with Gasteiger partial charge in [-0.25, -0.2) is 8.78 Å². The van der Waals surface area contributed by atoms with E-state index in [1.54, 1.807) is 24.3 Å². The van der Waals surface area contributed by atoms with Gasteiger partial charge in [0.05, 0.1) is 5.56 Å². The van der Waals surface area contributed by atoms with E-state index in [1.807, 2.05) is 0 Å². The third-order valence-electron chi connectivity index (χ3n) is 2.42. The highest BCUT2D eigenvalue weighted by Crippen LogP contribution is 2.19. The Bertz CT molecular complexity index is 605. The molecule has 2 aromatic carbocycles. The van der Waals surface area contributed by atoms with Crippen molar-refractivity contribution >= 4 is 0 Å². The number of hydrogen-bond acceptors (Lipinski definition) is 2. The predicted molar refractivity (Wildman–Crippen MR) is 61.8 cm³/mol. The quantitative estimate of drug-likeness (QED) is 0.830. The fourth-order valence-electron chi connectivity index (χ4n) is 1.49. The molecule has 0 aliphatic rings. The molecule has 0 saturated heterocycles. The molecule has 0 unspecified atom stereocenters. The molecule has 4 heteroatoms. The number of benzene rings is 2. The maximum absolute atomic E-state index is 13.7. The number of nitriles is 1. The molecule has 0 atom stereocenters. The zero-order valence-corrected chi connectivity index (χ0v) is 9.36. The first-order valence-electron chi connectivity index (χ1n) is 5.27. The summed E-state index contributed by atoms with van der Waals surface area (Å²) >= 11 is 0. The molecule has 2 rings (SSSR count). The minimum Gasteiger partial charge on any atom is -0.486 e. The summed E-state index contributed by atoms with van der Waals surface area (Å²) in [5.41, 5.74) is 0.168. The molecule has 2 aromatic rings. The smallest absolute Gasteiger partial charge is 0.165 e. The Kier molecular flexibility index (Phi) is 3.54. The Labute approximate surface area is 103 Å². The van der Waals surface area contributed by atoms with E-state index in [0.717, 1.165) is 0 Å². The van der Waals surface area contributed by atoms with E-state index in [2.05, 4.69) is 0 Å². The van der Waals surface area contributed by atoms with E-state index in [0.29, 0.717) is 0 Å². The molecule has 0 spiro atoms. The van der Waals surface area contributed by atoms with Crippen molar-refractivity contribution in [2.24, 2.45) is 0 Å². The SMILES string of the molecule is N#Cc1cccc(COc2ccccc2F)c1F. The number of hydrogen-bond donors (Lipinski definition) is 0. The van der Waals surface area contributed by atoms with Crippen molar-refractivity contribution in [2.75, 3.05) is 0 Å². The Hall–Kier alpha value is -2.41. The van der Waals surface area contributed by atoms with Crippen molar-refractivity contribution in [2.45, 2.75) is 6.61 Å². The predicted octanol–water partition coefficient (Wildman–Crippen LogP) is 3.42. The lowest BCUT2D eigenvalue weighted by atomic mass is 10.1. The van der Waals surface area contributed by atoms with Crippen molar-refractivity contribution < 1.29 is 13.5 Å². The van der Waals surface area contributed by atoms with E-state index in [1.165, 1.54) is 24.3 Å². The van der Waals surface area contributed by atoms with Crippen molar-refractivity contribution in [3.63, 3.8) is 0 Å². The molecule has 0 heterocycles. The van der Waals surface area contributed by atoms with Gasteiger partial charge in [-0.2, -0.15) is 5.26 Å². The fraction of sp³-hybridized carbons (Fsp3) is 0.0714. The molecule has 0 aliphatic heterocycles. The van der Waals surface area contributed by atoms with Crippen molar-refractivity contribution in [1.82, 2.24) is 0 Å². The second-order valence-corrected chi connectivity index (χ2v) is 3.61. The second-order valence-electron chi connectivity index (χ2n) is 3.61. The molecule has 0 radical (unpaired) electrons. The first-order valence-corrected chi connectivity index (χ1v) is 5.27. The number of para-hydroxylation sites is 1. The van der Waals surface area contributed by atoms with Gasteiger partial charge in [-0.15, -0.1) is 0 Å². The zero-order chi connectivity index (χ0) is 13.0. The van der Waals surface area contributed by atoms with Gasteiger partial charge in [0.1, 0.15) is 18.5 Å². The van der Waals surface area contributed by atoms with Crippen LogP contribution in [0.4, 0.5) is 8.78 Å². The Morgan fingerprint density at radius 2 is 1.83 bits per heavy atom. The molecule has 0 aliphatic carbocycles. The first kappa shape index (κ1) is 12.1. The summed E-state index contributed by atoms with van der Waals surface area (Å²) in [5.74, 6) is -1.08. The summed E-state index contributed by atoms with van der Waals surface area (Å²) < 4.78 is 32.1. The minimum atomic E-state index is -0.628. The molecule has 0 fully saturated rings. The number of nitrogens with zero attached hydrogens (tertiary/aromatic N) is 1. The summed E-state index contributed by atoms with van der Waals surface area (Å²) in [6.07, 6.45) is 0. The lowest BCUT2D eigenvalue weighted by Crippen LogP contribution is -2.01. The van der Waals surface area contributed by atoms with Gasteiger partial charge >= 0.3 is 0 Å². The van der Waals surface area contributed by atoms with Gasteiger partial charge in [-0.1, -0.05) is 24.3 Å². The first-order chi connectivity index (χ1) is 8.72. The maximum Gasteiger partial charge on any atom is 0.165 e. The van der Waals surface area contributed by atoms with E-state index in [-0.39, 0.29) is 23.5 Å². The molecular weight excluding hydrogens is 236 g/mol. The van der Waals surface area contributed by atoms with Crippen LogP contribution < -0.4 is 4.74 Å². The van der Waals surface area contributed by atoms with Gasteiger partial charge in [0.25, 0.3) is 0 Å². The third kappa shape index (κ3) is 2.46. The highest BCUT2D eigenvalue weighted by atomic mass is 19.1. The molecule has 18 heavy (non-hydrogen) atoms. The highest BCUT2D eigenvalue weighted by Gasteiger charge is 2.09. The topological polar surface area (TPSA) is 33.0 Å². The van der Waals surface area contributed by atoms with E-state index in [9.17, 15) is 8.78 Å². The van der Waals surface area contributed by atoms with Crippen LogP contribution in [0.5, 0.6) is 5.75 Å². The molecule has 90 valence electrons. The van der Waals surface area contributed by atoms with Gasteiger partial charge in [-0.05, 0) is 18.2 Å². The van der Waals surface area contributed by atoms with Crippen LogP contribution in [0.1, 0.15) is 11.1 Å². The van der Waals surface area contributed by atoms with Crippen LogP contribution in [0, 0.1) is 23.0 Å². The van der Waals surface area contributed by atoms with Gasteiger partial charge in [-0.3, -0.25) is 0 Å². The number of rotatable bonds is 3. The standard InChI is InChI=1S/C14H9F2NO/c15-12-6-1-2-7-13(12)18-9-11-5-3-4-10(8-17)14(11)16/h1-7H,9H2. The van der Waals surface area contributed by atoms with Crippen molar-refractivity contribution in [1.29, 1.82) is 5.26 Å². The van der Waals surface area contributed by atoms with Gasteiger partial charge in [0.2, 0.25) is 0 Å². The van der Waals surface area contributed by atoms with E-state index in [4.69, 9.17) is 10.00 Å². The molecule has 0 bridgehead atoms. The van der Waals surface area contributed by atoms with Crippen molar-refractivity contribution in [3.05, 3.63) is 65.2 Å². The Morgan fingerprint density at radius 1 is 1.06 bits per heavy atom. The largest absolute Gasteiger partial charge is 0.486 e. The fourth-order valence-corrected chi connectivity index (χ4v) is 1.49. The molecule has 0 N–H and O–H groups in total. The minimum absolute atomic E-state index is 0.0513. The monoisotopic (exact) mass is 245 g/mol. The molecule has 0 saturated carbocycles. The summed E-state index contributed by atoms with van der Waals surface area (Å²) in [7, 11) is 0. The van der Waals surface area contributed by atoms with Crippen LogP contribution in [0.25, 0.3) is 0 Å². The summed E-state index contributed by atoms with van der Waals surface area (Å²) in [4.78, 5) is 0. The molecular formula is C14H9F2NO. The van der Waals surface area contributed by atoms with Crippen LogP contribution in [0.3, 0.4) is 0 Å². The number of halogens is 2. The van der Waals surface area contributed by atoms with Crippen LogP contribution in [-0.2, 0) is 6.61 Å². The van der Waals surface area contributed by atoms with Crippen LogP contribution >= 0.6 is 0 Å². The average Bonchev–Trinajstić information content (AvgIpc) is 2.39. The van der Waals surface area contributed by atoms with Crippen molar-refractivity contribution in [3.8, 4) is 11.8 Å². The highest BCUT2D eigenvalue weighted by molar-refractivity contribution is 5.35. The summed E-state index contributed by atoms with van der Waals surface area (Å²) in [5, 5.41) is 8.68. The molecule has 2 nitrogen and oxygen atoms in total. The molecule has 0 aromatic heterocycles. The van der Waals surface area contributed by atoms with Gasteiger partial charge in [0, 0.05) is 5.56 Å². The maximum atomic E-state index is 13.7. The summed E-state index contributed by atoms with van der Waals surface area (Å²) in [6.45, 7) is -0.123. The average molecular weight is 245 g/mol. The van der Waals surface area contributed by atoms with E-state index < -0.39 is 11.6 Å². The summed E-state index contributed by atoms with van der Waals surface area (Å²) in [6, 6.07) is 12.1. The van der Waals surface area contributed by atoms with Crippen LogP contribution in [0.15, 0.2) is 42.5 Å². The lowest BCUT2D eigenvalue weighted by Gasteiger charge is -2.08. The normalized spacial score (nSPS) is 9.83. The third-order valence-corrected chi connectivity index (χ3v) is 2.42. The van der Waals surface area contributed by atoms with Gasteiger partial charge < -0.3 is 4.74 Å². The van der Waals surface area contributed by atoms with Crippen LogP contribution in [-0.4, -0.2) is 0 Å².